The fourth-order valence-corrected chi connectivity index (χ4v) is 4.46. The number of halogens is 1. The van der Waals surface area contributed by atoms with E-state index in [0.717, 1.165) is 0 Å². The van der Waals surface area contributed by atoms with Crippen LogP contribution in [0.3, 0.4) is 0 Å². The van der Waals surface area contributed by atoms with Crippen molar-refractivity contribution in [3.63, 3.8) is 0 Å². The second-order valence-electron chi connectivity index (χ2n) is 9.18. The van der Waals surface area contributed by atoms with Gasteiger partial charge in [-0.3, -0.25) is 23.9 Å². The molecule has 14 nitrogen and oxygen atoms in total. The number of esters is 2. The summed E-state index contributed by atoms with van der Waals surface area (Å²) in [6.45, 7) is 5.83. The number of aliphatic imine (C=N–C) groups is 1. The second-order valence-corrected chi connectivity index (χ2v) is 10.2. The Morgan fingerprint density at radius 3 is 2.69 bits per heavy atom. The molecule has 0 amide bonds. The number of fused-ring (bicyclic) bond motifs is 1. The number of carbonyl (C=O) groups is 2. The summed E-state index contributed by atoms with van der Waals surface area (Å²) in [6.07, 6.45) is 0.447. The number of nitrogens with one attached hydrogen (secondary N) is 1. The fourth-order valence-electron chi connectivity index (χ4n) is 3.81. The Morgan fingerprint density at radius 1 is 1.36 bits per heavy atom. The highest BCUT2D eigenvalue weighted by Gasteiger charge is 2.53. The molecule has 5 atom stereocenters. The number of nitrogens with zero attached hydrogens (tertiary/aromatic N) is 5. The third-order valence-electron chi connectivity index (χ3n) is 5.39. The number of imidazole rings is 1. The van der Waals surface area contributed by atoms with Crippen molar-refractivity contribution in [3.8, 4) is 0 Å². The van der Waals surface area contributed by atoms with Crippen molar-refractivity contribution in [1.82, 2.24) is 24.4 Å². The minimum atomic E-state index is -1.61. The van der Waals surface area contributed by atoms with Gasteiger partial charge in [-0.2, -0.15) is 4.98 Å². The molecule has 2 aromatic heterocycles. The van der Waals surface area contributed by atoms with E-state index >= 15 is 0 Å². The molecule has 0 radical (unpaired) electrons. The molecular weight excluding hydrogens is 544 g/mol. The van der Waals surface area contributed by atoms with Gasteiger partial charge in [-0.05, 0) is 13.8 Å². The first kappa shape index (κ1) is 26.2. The second kappa shape index (κ2) is 9.53. The Hall–Kier alpha value is -2.88. The molecule has 2 aliphatic heterocycles. The van der Waals surface area contributed by atoms with Gasteiger partial charge in [-0.25, -0.2) is 14.8 Å². The van der Waals surface area contributed by atoms with E-state index in [1.807, 2.05) is 0 Å². The largest absolute Gasteiger partial charge is 0.456 e. The Morgan fingerprint density at radius 2 is 2.08 bits per heavy atom. The molecule has 0 saturated carbocycles. The lowest BCUT2D eigenvalue weighted by molar-refractivity contribution is -0.334. The number of carbonyl (C=O) groups excluding carboxylic acids is 2. The Labute approximate surface area is 214 Å². The summed E-state index contributed by atoms with van der Waals surface area (Å²) >= 11 is 3.54. The van der Waals surface area contributed by atoms with Crippen LogP contribution in [-0.4, -0.2) is 92.0 Å². The van der Waals surface area contributed by atoms with Gasteiger partial charge < -0.3 is 23.8 Å². The first-order valence-electron chi connectivity index (χ1n) is 11.0. The van der Waals surface area contributed by atoms with Crippen LogP contribution in [0.2, 0.25) is 0 Å². The molecule has 36 heavy (non-hydrogen) atoms. The summed E-state index contributed by atoms with van der Waals surface area (Å²) in [7, 11) is 3.55. The molecule has 2 fully saturated rings. The molecule has 1 unspecified atom stereocenters. The van der Waals surface area contributed by atoms with E-state index in [0.29, 0.717) is 0 Å². The number of H-pyrrole nitrogens is 1. The fraction of sp³-hybridized carbons (Fsp3) is 0.619. The van der Waals surface area contributed by atoms with Gasteiger partial charge in [-0.1, -0.05) is 15.9 Å². The zero-order valence-electron chi connectivity index (χ0n) is 20.6. The summed E-state index contributed by atoms with van der Waals surface area (Å²) in [5, 5.41) is 0. The third kappa shape index (κ3) is 5.14. The van der Waals surface area contributed by atoms with Crippen molar-refractivity contribution in [3.05, 3.63) is 16.7 Å². The van der Waals surface area contributed by atoms with Crippen LogP contribution in [-0.2, 0) is 33.3 Å². The van der Waals surface area contributed by atoms with Gasteiger partial charge in [0.15, 0.2) is 29.1 Å². The van der Waals surface area contributed by atoms with Crippen molar-refractivity contribution in [1.29, 1.82) is 0 Å². The number of alkyl halides is 1. The van der Waals surface area contributed by atoms with Crippen LogP contribution in [0.4, 0.5) is 5.95 Å². The van der Waals surface area contributed by atoms with Crippen molar-refractivity contribution in [2.75, 3.05) is 20.7 Å². The quantitative estimate of drug-likeness (QED) is 0.218. The van der Waals surface area contributed by atoms with Crippen LogP contribution in [0.25, 0.3) is 11.2 Å². The van der Waals surface area contributed by atoms with Crippen LogP contribution in [0.5, 0.6) is 0 Å². The standard InChI is InChI=1S/C21H27BrN6O8/c1-10(29)33-14-12(22)11(7-32-21(4)35-18(31)20(2,3)36-21)34-17(14)28-9-23-13-15(28)25-19(26-16(13)30)24-8-27(5)6/h8-9,11-12,14,17H,7H2,1-6H3,(H,25,26,30)/b24-8+/t11-,12-,14-,17-,21?/m1/s1. The van der Waals surface area contributed by atoms with Gasteiger partial charge in [0.25, 0.3) is 5.56 Å². The number of aromatic nitrogens is 4. The van der Waals surface area contributed by atoms with E-state index in [1.54, 1.807) is 32.8 Å². The normalized spacial score (nSPS) is 29.7. The molecule has 2 aromatic rings. The molecular formula is C21H27BrN6O8. The van der Waals surface area contributed by atoms with Gasteiger partial charge in [0.2, 0.25) is 5.95 Å². The molecule has 0 aliphatic carbocycles. The van der Waals surface area contributed by atoms with E-state index in [1.165, 1.54) is 31.1 Å². The lowest BCUT2D eigenvalue weighted by atomic mass is 10.1. The predicted molar refractivity (Wildman–Crippen MR) is 128 cm³/mol. The highest BCUT2D eigenvalue weighted by Crippen LogP contribution is 2.39. The average Bonchev–Trinajstić information content (AvgIpc) is 3.38. The maximum absolute atomic E-state index is 12.6. The van der Waals surface area contributed by atoms with Crippen molar-refractivity contribution < 1.29 is 33.3 Å². The van der Waals surface area contributed by atoms with E-state index in [2.05, 4.69) is 35.9 Å². The maximum atomic E-state index is 12.6. The van der Waals surface area contributed by atoms with E-state index in [-0.39, 0.29) is 23.7 Å². The lowest BCUT2D eigenvalue weighted by Gasteiger charge is -2.25. The van der Waals surface area contributed by atoms with Crippen LogP contribution < -0.4 is 5.56 Å². The number of hydrogen-bond acceptors (Lipinski definition) is 11. The van der Waals surface area contributed by atoms with Crippen molar-refractivity contribution >= 4 is 51.3 Å². The van der Waals surface area contributed by atoms with Crippen LogP contribution in [0.15, 0.2) is 16.1 Å². The Balaban J connectivity index is 1.62. The number of aromatic amines is 1. The average molecular weight is 571 g/mol. The highest BCUT2D eigenvalue weighted by atomic mass is 79.9. The monoisotopic (exact) mass is 570 g/mol. The van der Waals surface area contributed by atoms with Gasteiger partial charge >= 0.3 is 17.9 Å². The topological polar surface area (TPSA) is 159 Å². The summed E-state index contributed by atoms with van der Waals surface area (Å²) in [5.74, 6) is -2.64. The van der Waals surface area contributed by atoms with Gasteiger partial charge in [0.1, 0.15) is 6.10 Å². The zero-order valence-corrected chi connectivity index (χ0v) is 22.1. The number of rotatable bonds is 7. The van der Waals surface area contributed by atoms with E-state index in [9.17, 15) is 14.4 Å². The summed E-state index contributed by atoms with van der Waals surface area (Å²) in [4.78, 5) is 52.9. The molecule has 4 heterocycles. The highest BCUT2D eigenvalue weighted by molar-refractivity contribution is 9.09. The van der Waals surface area contributed by atoms with Crippen molar-refractivity contribution in [2.24, 2.45) is 4.99 Å². The number of hydrogen-bond donors (Lipinski definition) is 1. The summed E-state index contributed by atoms with van der Waals surface area (Å²) in [5.41, 5.74) is -1.40. The minimum absolute atomic E-state index is 0.0656. The zero-order chi connectivity index (χ0) is 26.4. The molecule has 0 aromatic carbocycles. The molecule has 4 rings (SSSR count). The van der Waals surface area contributed by atoms with Crippen LogP contribution in [0, 0.1) is 0 Å². The molecule has 2 saturated heterocycles. The first-order chi connectivity index (χ1) is 16.8. The van der Waals surface area contributed by atoms with Gasteiger partial charge in [0, 0.05) is 27.9 Å². The molecule has 1 N–H and O–H groups in total. The summed E-state index contributed by atoms with van der Waals surface area (Å²) < 4.78 is 29.9. The first-order valence-corrected chi connectivity index (χ1v) is 11.9. The molecule has 0 spiro atoms. The van der Waals surface area contributed by atoms with Crippen molar-refractivity contribution in [2.45, 2.75) is 62.5 Å². The minimum Gasteiger partial charge on any atom is -0.456 e. The molecule has 0 bridgehead atoms. The Kier molecular flexibility index (Phi) is 6.94. The molecule has 15 heteroatoms. The van der Waals surface area contributed by atoms with Crippen LogP contribution in [0.1, 0.15) is 33.9 Å². The smallest absolute Gasteiger partial charge is 0.342 e. The number of ether oxygens (including phenoxy) is 5. The third-order valence-corrected chi connectivity index (χ3v) is 6.50. The number of cyclic esters (lactones) is 1. The summed E-state index contributed by atoms with van der Waals surface area (Å²) in [6, 6.07) is 0. The van der Waals surface area contributed by atoms with Crippen LogP contribution >= 0.6 is 15.9 Å². The molecule has 2 aliphatic rings. The lowest BCUT2D eigenvalue weighted by Crippen LogP contribution is -2.38. The SMILES string of the molecule is CC(=O)O[C@@H]1[C@H](Br)[C@@H](COC2(C)OC(=O)C(C)(C)O2)O[C@H]1n1cnc2c(=O)[nH]c(/N=C/N(C)C)nc21. The van der Waals surface area contributed by atoms with Gasteiger partial charge in [-0.15, -0.1) is 0 Å². The molecule has 196 valence electrons. The predicted octanol–water partition coefficient (Wildman–Crippen LogP) is 0.976. The Bertz CT molecular complexity index is 1260. The van der Waals surface area contributed by atoms with E-state index < -0.39 is 52.3 Å². The van der Waals surface area contributed by atoms with Gasteiger partial charge in [0.05, 0.1) is 24.1 Å². The maximum Gasteiger partial charge on any atom is 0.342 e. The van der Waals surface area contributed by atoms with E-state index in [4.69, 9.17) is 23.7 Å².